The molecule has 0 spiro atoms. The predicted molar refractivity (Wildman–Crippen MR) is 133 cm³/mol. The molecule has 0 fully saturated rings. The first kappa shape index (κ1) is 22.0. The largest absolute Gasteiger partial charge is 0.270 e. The third-order valence-corrected chi connectivity index (χ3v) is 6.61. The van der Waals surface area contributed by atoms with Gasteiger partial charge in [0.05, 0.1) is 16.8 Å². The monoisotopic (exact) mass is 480 g/mol. The number of hydrogen-bond acceptors (Lipinski definition) is 7. The van der Waals surface area contributed by atoms with Crippen LogP contribution in [0.3, 0.4) is 0 Å². The Hall–Kier alpha value is -3.20. The van der Waals surface area contributed by atoms with Crippen LogP contribution in [-0.2, 0) is 5.75 Å². The van der Waals surface area contributed by atoms with Crippen molar-refractivity contribution in [3.8, 4) is 11.3 Å². The molecule has 32 heavy (non-hydrogen) atoms. The summed E-state index contributed by atoms with van der Waals surface area (Å²) < 4.78 is 0. The van der Waals surface area contributed by atoms with E-state index < -0.39 is 4.92 Å². The lowest BCUT2D eigenvalue weighted by Gasteiger charge is -2.06. The minimum absolute atomic E-state index is 0.0166. The van der Waals surface area contributed by atoms with E-state index in [1.54, 1.807) is 24.0 Å². The van der Waals surface area contributed by atoms with Gasteiger partial charge in [0.25, 0.3) is 5.69 Å². The van der Waals surface area contributed by atoms with Crippen LogP contribution in [0.2, 0.25) is 5.02 Å². The number of nitro groups is 1. The van der Waals surface area contributed by atoms with Gasteiger partial charge in [0, 0.05) is 44.3 Å². The number of thioether (sulfide) groups is 1. The van der Waals surface area contributed by atoms with Gasteiger partial charge in [-0.05, 0) is 23.8 Å². The summed E-state index contributed by atoms with van der Waals surface area (Å²) >= 11 is 8.96. The topological polar surface area (TPSA) is 80.4 Å². The minimum atomic E-state index is -0.411. The van der Waals surface area contributed by atoms with Crippen molar-refractivity contribution in [2.75, 3.05) is 5.43 Å². The highest BCUT2D eigenvalue weighted by molar-refractivity contribution is 7.98. The van der Waals surface area contributed by atoms with E-state index in [-0.39, 0.29) is 5.69 Å². The lowest BCUT2D eigenvalue weighted by molar-refractivity contribution is -0.384. The lowest BCUT2D eigenvalue weighted by Crippen LogP contribution is -1.95. The van der Waals surface area contributed by atoms with Gasteiger partial charge >= 0.3 is 0 Å². The molecule has 0 bridgehead atoms. The maximum absolute atomic E-state index is 11.2. The number of nitro benzene ring substituents is 1. The molecule has 3 aromatic carbocycles. The summed E-state index contributed by atoms with van der Waals surface area (Å²) in [7, 11) is 0. The standard InChI is InChI=1S/C23H17ClN4O2S2/c24-19-8-6-16(7-9-19)14-31-22-11-10-20(28(29)30)12-18(22)13-25-27-23-26-21(15-32-23)17-4-2-1-3-5-17/h1-13,15H,14H2,(H,26,27). The smallest absolute Gasteiger partial charge is 0.258 e. The Morgan fingerprint density at radius 2 is 1.91 bits per heavy atom. The molecule has 4 rings (SSSR count). The zero-order valence-electron chi connectivity index (χ0n) is 16.6. The van der Waals surface area contributed by atoms with Crippen LogP contribution < -0.4 is 5.43 Å². The van der Waals surface area contributed by atoms with E-state index in [0.29, 0.717) is 21.5 Å². The number of non-ortho nitro benzene ring substituents is 1. The van der Waals surface area contributed by atoms with Gasteiger partial charge in [0.1, 0.15) is 0 Å². The fourth-order valence-electron chi connectivity index (χ4n) is 2.85. The number of benzene rings is 3. The number of anilines is 1. The van der Waals surface area contributed by atoms with Crippen LogP contribution in [-0.4, -0.2) is 16.1 Å². The summed E-state index contributed by atoms with van der Waals surface area (Å²) in [6.07, 6.45) is 1.58. The summed E-state index contributed by atoms with van der Waals surface area (Å²) in [6.45, 7) is 0. The maximum atomic E-state index is 11.2. The second-order valence-corrected chi connectivity index (χ2v) is 8.98. The van der Waals surface area contributed by atoms with Crippen molar-refractivity contribution in [1.29, 1.82) is 0 Å². The predicted octanol–water partition coefficient (Wildman–Crippen LogP) is 7.11. The quantitative estimate of drug-likeness (QED) is 0.126. The zero-order valence-corrected chi connectivity index (χ0v) is 19.0. The number of halogens is 1. The van der Waals surface area contributed by atoms with E-state index in [1.165, 1.54) is 23.5 Å². The van der Waals surface area contributed by atoms with E-state index in [0.717, 1.165) is 21.7 Å². The Bertz CT molecular complexity index is 1240. The average Bonchev–Trinajstić information content (AvgIpc) is 3.29. The van der Waals surface area contributed by atoms with Gasteiger partial charge in [-0.2, -0.15) is 5.10 Å². The molecular weight excluding hydrogens is 464 g/mol. The van der Waals surface area contributed by atoms with Crippen molar-refractivity contribution < 1.29 is 4.92 Å². The van der Waals surface area contributed by atoms with Crippen LogP contribution in [0, 0.1) is 10.1 Å². The summed E-state index contributed by atoms with van der Waals surface area (Å²) in [6, 6.07) is 22.3. The highest BCUT2D eigenvalue weighted by Gasteiger charge is 2.11. The van der Waals surface area contributed by atoms with Gasteiger partial charge in [0.15, 0.2) is 0 Å². The van der Waals surface area contributed by atoms with Gasteiger partial charge in [-0.15, -0.1) is 23.1 Å². The molecule has 160 valence electrons. The molecule has 1 aromatic heterocycles. The van der Waals surface area contributed by atoms with Crippen LogP contribution in [0.5, 0.6) is 0 Å². The highest BCUT2D eigenvalue weighted by Crippen LogP contribution is 2.29. The fourth-order valence-corrected chi connectivity index (χ4v) is 4.60. The van der Waals surface area contributed by atoms with Crippen LogP contribution in [0.4, 0.5) is 10.8 Å². The van der Waals surface area contributed by atoms with Crippen molar-refractivity contribution in [3.05, 3.63) is 104 Å². The summed E-state index contributed by atoms with van der Waals surface area (Å²) in [5.74, 6) is 0.705. The molecule has 1 N–H and O–H groups in total. The molecule has 0 unspecified atom stereocenters. The van der Waals surface area contributed by atoms with Gasteiger partial charge in [-0.1, -0.05) is 54.1 Å². The molecule has 0 aliphatic carbocycles. The third kappa shape index (κ3) is 5.73. The summed E-state index contributed by atoms with van der Waals surface area (Å²) in [5.41, 5.74) is 6.60. The summed E-state index contributed by atoms with van der Waals surface area (Å²) in [4.78, 5) is 16.2. The fraction of sp³-hybridized carbons (Fsp3) is 0.0435. The van der Waals surface area contributed by atoms with E-state index in [2.05, 4.69) is 15.5 Å². The molecule has 9 heteroatoms. The lowest BCUT2D eigenvalue weighted by atomic mass is 10.2. The molecule has 0 amide bonds. The van der Waals surface area contributed by atoms with Gasteiger partial charge in [-0.3, -0.25) is 15.5 Å². The van der Waals surface area contributed by atoms with Crippen molar-refractivity contribution >= 4 is 51.7 Å². The SMILES string of the molecule is O=[N+]([O-])c1ccc(SCc2ccc(Cl)cc2)c(C=NNc2nc(-c3ccccc3)cs2)c1. The van der Waals surface area contributed by atoms with Crippen LogP contribution in [0.1, 0.15) is 11.1 Å². The molecule has 0 aliphatic rings. The Labute approximate surface area is 198 Å². The molecule has 0 radical (unpaired) electrons. The molecular formula is C23H17ClN4O2S2. The van der Waals surface area contributed by atoms with Crippen LogP contribution in [0.15, 0.2) is 88.2 Å². The first-order valence-corrected chi connectivity index (χ1v) is 11.8. The van der Waals surface area contributed by atoms with Crippen molar-refractivity contribution in [1.82, 2.24) is 4.98 Å². The molecule has 0 saturated carbocycles. The first-order chi connectivity index (χ1) is 15.6. The van der Waals surface area contributed by atoms with Gasteiger partial charge in [-0.25, -0.2) is 4.98 Å². The maximum Gasteiger partial charge on any atom is 0.270 e. The molecule has 4 aromatic rings. The normalized spacial score (nSPS) is 11.0. The van der Waals surface area contributed by atoms with E-state index in [1.807, 2.05) is 60.0 Å². The van der Waals surface area contributed by atoms with Crippen molar-refractivity contribution in [3.63, 3.8) is 0 Å². The van der Waals surface area contributed by atoms with E-state index in [9.17, 15) is 10.1 Å². The van der Waals surface area contributed by atoms with Crippen LogP contribution in [0.25, 0.3) is 11.3 Å². The molecule has 0 saturated heterocycles. The molecule has 1 heterocycles. The first-order valence-electron chi connectivity index (χ1n) is 9.54. The second kappa shape index (κ2) is 10.4. The summed E-state index contributed by atoms with van der Waals surface area (Å²) in [5, 5.41) is 18.8. The average molecular weight is 481 g/mol. The van der Waals surface area contributed by atoms with Crippen molar-refractivity contribution in [2.24, 2.45) is 5.10 Å². The number of rotatable bonds is 8. The Kier molecular flexibility index (Phi) is 7.16. The van der Waals surface area contributed by atoms with Crippen molar-refractivity contribution in [2.45, 2.75) is 10.6 Å². The number of nitrogens with one attached hydrogen (secondary N) is 1. The number of aromatic nitrogens is 1. The third-order valence-electron chi connectivity index (χ3n) is 4.45. The number of hydrogen-bond donors (Lipinski definition) is 1. The molecule has 0 aliphatic heterocycles. The van der Waals surface area contributed by atoms with Gasteiger partial charge < -0.3 is 0 Å². The molecule has 6 nitrogen and oxygen atoms in total. The van der Waals surface area contributed by atoms with E-state index >= 15 is 0 Å². The number of hydrazone groups is 1. The highest BCUT2D eigenvalue weighted by atomic mass is 35.5. The Morgan fingerprint density at radius 3 is 2.66 bits per heavy atom. The van der Waals surface area contributed by atoms with E-state index in [4.69, 9.17) is 11.6 Å². The number of nitrogens with zero attached hydrogens (tertiary/aromatic N) is 3. The Morgan fingerprint density at radius 1 is 1.12 bits per heavy atom. The zero-order chi connectivity index (χ0) is 22.3. The Balaban J connectivity index is 1.49. The number of thiazole rings is 1. The molecule has 0 atom stereocenters. The minimum Gasteiger partial charge on any atom is -0.258 e. The second-order valence-electron chi connectivity index (χ2n) is 6.67. The van der Waals surface area contributed by atoms with Gasteiger partial charge in [0.2, 0.25) is 5.13 Å². The van der Waals surface area contributed by atoms with Crippen LogP contribution >= 0.6 is 34.7 Å².